The number of fused-ring (bicyclic) bond motifs is 1. The third kappa shape index (κ3) is 3.42. The molecule has 1 aliphatic heterocycles. The highest BCUT2D eigenvalue weighted by atomic mass is 79.9. The summed E-state index contributed by atoms with van der Waals surface area (Å²) in [5.74, 6) is 1.02. The number of carbonyl (C=O) groups excluding carboxylic acids is 1. The largest absolute Gasteiger partial charge is 0.497 e. The molecule has 0 radical (unpaired) electrons. The Kier molecular flexibility index (Phi) is 4.71. The first-order chi connectivity index (χ1) is 11.1. The fourth-order valence-corrected chi connectivity index (χ4v) is 3.33. The minimum absolute atomic E-state index is 0.191. The van der Waals surface area contributed by atoms with E-state index < -0.39 is 0 Å². The van der Waals surface area contributed by atoms with Crippen LogP contribution in [-0.2, 0) is 31.2 Å². The molecule has 0 unspecified atom stereocenters. The van der Waals surface area contributed by atoms with Crippen molar-refractivity contribution in [3.63, 3.8) is 0 Å². The number of halogens is 1. The second-order valence-electron chi connectivity index (χ2n) is 5.75. The number of ether oxygens (including phenoxy) is 1. The lowest BCUT2D eigenvalue weighted by molar-refractivity contribution is -0.132. The maximum Gasteiger partial charge on any atom is 0.223 e. The third-order valence-corrected chi connectivity index (χ3v) is 5.02. The van der Waals surface area contributed by atoms with Crippen LogP contribution in [0, 0.1) is 0 Å². The summed E-state index contributed by atoms with van der Waals surface area (Å²) in [5.41, 5.74) is 3.34. The molecule has 122 valence electrons. The number of hydrogen-bond donors (Lipinski definition) is 0. The van der Waals surface area contributed by atoms with Gasteiger partial charge in [0.25, 0.3) is 0 Å². The van der Waals surface area contributed by atoms with Gasteiger partial charge < -0.3 is 14.2 Å². The molecule has 3 rings (SSSR count). The monoisotopic (exact) mass is 377 g/mol. The summed E-state index contributed by atoms with van der Waals surface area (Å²) >= 11 is 3.44. The fraction of sp³-hybridized carbons (Fsp3) is 0.412. The van der Waals surface area contributed by atoms with Gasteiger partial charge in [0.05, 0.1) is 25.0 Å². The number of amides is 1. The summed E-state index contributed by atoms with van der Waals surface area (Å²) < 4.78 is 8.06. The van der Waals surface area contributed by atoms with E-state index >= 15 is 0 Å². The van der Waals surface area contributed by atoms with E-state index in [-0.39, 0.29) is 5.91 Å². The van der Waals surface area contributed by atoms with Crippen LogP contribution in [0.15, 0.2) is 29.0 Å². The minimum Gasteiger partial charge on any atom is -0.497 e. The van der Waals surface area contributed by atoms with Gasteiger partial charge in [0.1, 0.15) is 5.75 Å². The number of imidazole rings is 1. The van der Waals surface area contributed by atoms with Crippen LogP contribution < -0.4 is 4.74 Å². The molecule has 0 saturated carbocycles. The lowest BCUT2D eigenvalue weighted by Gasteiger charge is -2.27. The molecule has 0 N–H and O–H groups in total. The van der Waals surface area contributed by atoms with Crippen molar-refractivity contribution in [2.75, 3.05) is 13.7 Å². The van der Waals surface area contributed by atoms with E-state index in [1.165, 1.54) is 0 Å². The van der Waals surface area contributed by atoms with Gasteiger partial charge in [0, 0.05) is 26.4 Å². The zero-order valence-electron chi connectivity index (χ0n) is 13.4. The first kappa shape index (κ1) is 16.1. The van der Waals surface area contributed by atoms with Gasteiger partial charge in [-0.05, 0) is 40.0 Å². The smallest absolute Gasteiger partial charge is 0.223 e. The lowest BCUT2D eigenvalue weighted by atomic mass is 10.1. The maximum absolute atomic E-state index is 12.5. The van der Waals surface area contributed by atoms with Gasteiger partial charge in [0.15, 0.2) is 4.73 Å². The molecule has 23 heavy (non-hydrogen) atoms. The molecule has 1 aromatic heterocycles. The normalized spacial score (nSPS) is 13.8. The molecule has 6 heteroatoms. The lowest BCUT2D eigenvalue weighted by Crippen LogP contribution is -2.36. The minimum atomic E-state index is 0.191. The fourth-order valence-electron chi connectivity index (χ4n) is 2.90. The first-order valence-corrected chi connectivity index (χ1v) is 8.48. The molecule has 0 spiro atoms. The highest BCUT2D eigenvalue weighted by molar-refractivity contribution is 9.10. The van der Waals surface area contributed by atoms with Crippen molar-refractivity contribution < 1.29 is 9.53 Å². The Morgan fingerprint density at radius 2 is 2.26 bits per heavy atom. The Hall–Kier alpha value is -1.82. The SMILES string of the molecule is COc1cccc(CCC(=O)N2CCc3nc(Br)n(C)c3C2)c1. The van der Waals surface area contributed by atoms with Crippen LogP contribution in [-0.4, -0.2) is 34.0 Å². The Balaban J connectivity index is 1.62. The third-order valence-electron chi connectivity index (χ3n) is 4.32. The summed E-state index contributed by atoms with van der Waals surface area (Å²) in [5, 5.41) is 0. The van der Waals surface area contributed by atoms with Gasteiger partial charge in [-0.25, -0.2) is 4.98 Å². The Morgan fingerprint density at radius 1 is 1.43 bits per heavy atom. The molecule has 0 fully saturated rings. The Bertz CT molecular complexity index is 727. The first-order valence-electron chi connectivity index (χ1n) is 7.69. The van der Waals surface area contributed by atoms with E-state index in [2.05, 4.69) is 20.9 Å². The maximum atomic E-state index is 12.5. The summed E-state index contributed by atoms with van der Waals surface area (Å²) in [6.45, 7) is 1.38. The highest BCUT2D eigenvalue weighted by Gasteiger charge is 2.24. The number of carbonyl (C=O) groups is 1. The number of benzene rings is 1. The molecular formula is C17H20BrN3O2. The van der Waals surface area contributed by atoms with E-state index in [0.29, 0.717) is 13.0 Å². The molecule has 0 bridgehead atoms. The standard InChI is InChI=1S/C17H20BrN3O2/c1-20-15-11-21(9-8-14(15)19-17(20)18)16(22)7-6-12-4-3-5-13(10-12)23-2/h3-5,10H,6-9,11H2,1-2H3. The summed E-state index contributed by atoms with van der Waals surface area (Å²) in [4.78, 5) is 18.9. The molecule has 1 amide bonds. The van der Waals surface area contributed by atoms with Crippen LogP contribution in [0.25, 0.3) is 0 Å². The number of aromatic nitrogens is 2. The molecular weight excluding hydrogens is 358 g/mol. The number of methoxy groups -OCH3 is 1. The molecule has 2 heterocycles. The van der Waals surface area contributed by atoms with Crippen LogP contribution in [0.5, 0.6) is 5.75 Å². The van der Waals surface area contributed by atoms with Gasteiger partial charge in [-0.15, -0.1) is 0 Å². The van der Waals surface area contributed by atoms with Gasteiger partial charge in [0.2, 0.25) is 5.91 Å². The van der Waals surface area contributed by atoms with Crippen molar-refractivity contribution in [2.24, 2.45) is 7.05 Å². The van der Waals surface area contributed by atoms with Crippen molar-refractivity contribution >= 4 is 21.8 Å². The highest BCUT2D eigenvalue weighted by Crippen LogP contribution is 2.23. The Morgan fingerprint density at radius 3 is 3.04 bits per heavy atom. The number of rotatable bonds is 4. The van der Waals surface area contributed by atoms with Gasteiger partial charge >= 0.3 is 0 Å². The van der Waals surface area contributed by atoms with Crippen LogP contribution in [0.3, 0.4) is 0 Å². The average molecular weight is 378 g/mol. The van der Waals surface area contributed by atoms with E-state index in [4.69, 9.17) is 4.74 Å². The molecule has 0 saturated heterocycles. The number of hydrogen-bond acceptors (Lipinski definition) is 3. The van der Waals surface area contributed by atoms with E-state index in [1.807, 2.05) is 40.8 Å². The van der Waals surface area contributed by atoms with Crippen LogP contribution in [0.4, 0.5) is 0 Å². The van der Waals surface area contributed by atoms with Crippen molar-refractivity contribution in [1.82, 2.24) is 14.5 Å². The van der Waals surface area contributed by atoms with Crippen LogP contribution in [0.1, 0.15) is 23.4 Å². The van der Waals surface area contributed by atoms with E-state index in [1.54, 1.807) is 7.11 Å². The van der Waals surface area contributed by atoms with Crippen molar-refractivity contribution in [1.29, 1.82) is 0 Å². The summed E-state index contributed by atoms with van der Waals surface area (Å²) in [6.07, 6.45) is 2.07. The predicted molar refractivity (Wildman–Crippen MR) is 91.3 cm³/mol. The van der Waals surface area contributed by atoms with Crippen molar-refractivity contribution in [3.05, 3.63) is 46.0 Å². The molecule has 0 atom stereocenters. The zero-order chi connectivity index (χ0) is 16.4. The second-order valence-corrected chi connectivity index (χ2v) is 6.46. The zero-order valence-corrected chi connectivity index (χ0v) is 15.0. The average Bonchev–Trinajstić information content (AvgIpc) is 2.87. The topological polar surface area (TPSA) is 47.4 Å². The van der Waals surface area contributed by atoms with Crippen LogP contribution in [0.2, 0.25) is 0 Å². The molecule has 1 aliphatic rings. The predicted octanol–water partition coefficient (Wildman–Crippen LogP) is 2.71. The molecule has 2 aromatic rings. The van der Waals surface area contributed by atoms with Crippen molar-refractivity contribution in [3.8, 4) is 5.75 Å². The number of nitrogens with zero attached hydrogens (tertiary/aromatic N) is 3. The summed E-state index contributed by atoms with van der Waals surface area (Å²) in [7, 11) is 3.63. The van der Waals surface area contributed by atoms with Crippen molar-refractivity contribution in [2.45, 2.75) is 25.8 Å². The van der Waals surface area contributed by atoms with Gasteiger partial charge in [-0.1, -0.05) is 12.1 Å². The molecule has 0 aliphatic carbocycles. The van der Waals surface area contributed by atoms with E-state index in [0.717, 1.165) is 46.8 Å². The Labute approximate surface area is 144 Å². The van der Waals surface area contributed by atoms with E-state index in [9.17, 15) is 4.79 Å². The molecule has 1 aromatic carbocycles. The molecule has 5 nitrogen and oxygen atoms in total. The summed E-state index contributed by atoms with van der Waals surface area (Å²) in [6, 6.07) is 7.89. The second kappa shape index (κ2) is 6.74. The number of aryl methyl sites for hydroxylation is 1. The van der Waals surface area contributed by atoms with Crippen LogP contribution >= 0.6 is 15.9 Å². The quantitative estimate of drug-likeness (QED) is 0.822. The van der Waals surface area contributed by atoms with Gasteiger partial charge in [-0.2, -0.15) is 0 Å². The van der Waals surface area contributed by atoms with Gasteiger partial charge in [-0.3, -0.25) is 4.79 Å².